The highest BCUT2D eigenvalue weighted by atomic mass is 32.2. The predicted octanol–water partition coefficient (Wildman–Crippen LogP) is 2.04. The summed E-state index contributed by atoms with van der Waals surface area (Å²) in [5, 5.41) is 0. The number of nitrogens with zero attached hydrogens (tertiary/aromatic N) is 1. The fourth-order valence-corrected chi connectivity index (χ4v) is 3.38. The van der Waals surface area contributed by atoms with Crippen LogP contribution in [-0.2, 0) is 19.6 Å². The molecule has 128 valence electrons. The minimum absolute atomic E-state index is 0.110. The lowest BCUT2D eigenvalue weighted by Gasteiger charge is -2.16. The van der Waals surface area contributed by atoms with E-state index >= 15 is 0 Å². The van der Waals surface area contributed by atoms with Gasteiger partial charge in [-0.15, -0.1) is 0 Å². The number of hydrogen-bond acceptors (Lipinski definition) is 5. The molecule has 0 saturated carbocycles. The van der Waals surface area contributed by atoms with Crippen molar-refractivity contribution in [1.82, 2.24) is 4.31 Å². The van der Waals surface area contributed by atoms with Gasteiger partial charge in [0.15, 0.2) is 0 Å². The molecule has 2 aromatic rings. The zero-order valence-electron chi connectivity index (χ0n) is 13.8. The van der Waals surface area contributed by atoms with Gasteiger partial charge in [-0.05, 0) is 47.9 Å². The number of anilines is 1. The zero-order valence-corrected chi connectivity index (χ0v) is 14.6. The Morgan fingerprint density at radius 1 is 1.17 bits per heavy atom. The molecule has 0 amide bonds. The Hall–Kier alpha value is -2.38. The van der Waals surface area contributed by atoms with E-state index in [-0.39, 0.29) is 11.4 Å². The monoisotopic (exact) mass is 348 g/mol. The summed E-state index contributed by atoms with van der Waals surface area (Å²) < 4.78 is 30.4. The molecule has 0 aliphatic heterocycles. The van der Waals surface area contributed by atoms with E-state index in [9.17, 15) is 13.2 Å². The van der Waals surface area contributed by atoms with Crippen LogP contribution in [0, 0.1) is 6.92 Å². The number of hydrogen-bond donors (Lipinski definition) is 1. The van der Waals surface area contributed by atoms with Gasteiger partial charge in [0.25, 0.3) is 0 Å². The number of rotatable bonds is 5. The number of benzene rings is 2. The number of likely N-dealkylation sites (N-methyl/N-ethyl adjacent to an activating group) is 1. The fraction of sp³-hybridized carbons (Fsp3) is 0.235. The number of aryl methyl sites for hydroxylation is 1. The quantitative estimate of drug-likeness (QED) is 0.660. The molecular weight excluding hydrogens is 328 g/mol. The summed E-state index contributed by atoms with van der Waals surface area (Å²) in [6.45, 7) is 1.62. The number of nitrogens with two attached hydrogens (primary N) is 1. The number of esters is 1. The topological polar surface area (TPSA) is 89.7 Å². The Bertz CT molecular complexity index is 845. The lowest BCUT2D eigenvalue weighted by atomic mass is 10.0. The molecule has 0 saturated heterocycles. The second-order valence-electron chi connectivity index (χ2n) is 5.44. The maximum absolute atomic E-state index is 12.5. The van der Waals surface area contributed by atoms with Gasteiger partial charge in [-0.1, -0.05) is 18.2 Å². The Labute approximate surface area is 141 Å². The van der Waals surface area contributed by atoms with Crippen LogP contribution in [0.5, 0.6) is 0 Å². The number of ether oxygens (including phenoxy) is 1. The van der Waals surface area contributed by atoms with Gasteiger partial charge in [0.2, 0.25) is 10.0 Å². The van der Waals surface area contributed by atoms with Crippen LogP contribution < -0.4 is 5.73 Å². The van der Waals surface area contributed by atoms with Gasteiger partial charge in [-0.2, -0.15) is 4.31 Å². The molecule has 0 fully saturated rings. The van der Waals surface area contributed by atoms with Crippen molar-refractivity contribution in [2.45, 2.75) is 11.8 Å². The van der Waals surface area contributed by atoms with Crippen molar-refractivity contribution >= 4 is 21.7 Å². The predicted molar refractivity (Wildman–Crippen MR) is 92.9 cm³/mol. The summed E-state index contributed by atoms with van der Waals surface area (Å²) >= 11 is 0. The number of sulfonamides is 1. The summed E-state index contributed by atoms with van der Waals surface area (Å²) in [4.78, 5) is 11.4. The third-order valence-electron chi connectivity index (χ3n) is 3.71. The molecule has 0 aliphatic rings. The summed E-state index contributed by atoms with van der Waals surface area (Å²) in [6.07, 6.45) is 0. The van der Waals surface area contributed by atoms with Crippen molar-refractivity contribution in [2.24, 2.45) is 0 Å². The molecule has 24 heavy (non-hydrogen) atoms. The molecule has 0 aromatic heterocycles. The summed E-state index contributed by atoms with van der Waals surface area (Å²) in [5.41, 5.74) is 9.32. The normalized spacial score (nSPS) is 11.5. The largest absolute Gasteiger partial charge is 0.468 e. The molecule has 0 unspecified atom stereocenters. The van der Waals surface area contributed by atoms with E-state index in [0.29, 0.717) is 5.69 Å². The van der Waals surface area contributed by atoms with Gasteiger partial charge in [0, 0.05) is 12.7 Å². The van der Waals surface area contributed by atoms with Gasteiger partial charge < -0.3 is 10.5 Å². The minimum Gasteiger partial charge on any atom is -0.468 e. The lowest BCUT2D eigenvalue weighted by Crippen LogP contribution is -2.32. The first-order chi connectivity index (χ1) is 11.3. The summed E-state index contributed by atoms with van der Waals surface area (Å²) in [6, 6.07) is 12.1. The molecule has 6 nitrogen and oxygen atoms in total. The second-order valence-corrected chi connectivity index (χ2v) is 7.48. The van der Waals surface area contributed by atoms with Crippen molar-refractivity contribution in [3.8, 4) is 11.1 Å². The Morgan fingerprint density at radius 2 is 1.79 bits per heavy atom. The van der Waals surface area contributed by atoms with Crippen molar-refractivity contribution < 1.29 is 17.9 Å². The smallest absolute Gasteiger partial charge is 0.321 e. The van der Waals surface area contributed by atoms with Crippen LogP contribution in [0.25, 0.3) is 11.1 Å². The number of carbonyl (C=O) groups excluding carboxylic acids is 1. The number of methoxy groups -OCH3 is 1. The summed E-state index contributed by atoms with van der Waals surface area (Å²) in [5.74, 6) is -0.618. The van der Waals surface area contributed by atoms with Crippen LogP contribution in [0.2, 0.25) is 0 Å². The standard InChI is InChI=1S/C17H20N2O4S/c1-12-4-7-14(18)10-16(12)13-5-8-15(9-6-13)24(21,22)19(2)11-17(20)23-3/h4-10H,11,18H2,1-3H3. The van der Waals surface area contributed by atoms with Crippen LogP contribution in [0.1, 0.15) is 5.56 Å². The lowest BCUT2D eigenvalue weighted by molar-refractivity contribution is -0.140. The van der Waals surface area contributed by atoms with Crippen LogP contribution in [-0.4, -0.2) is 39.4 Å². The highest BCUT2D eigenvalue weighted by Crippen LogP contribution is 2.27. The highest BCUT2D eigenvalue weighted by molar-refractivity contribution is 7.89. The van der Waals surface area contributed by atoms with Gasteiger partial charge in [-0.3, -0.25) is 4.79 Å². The van der Waals surface area contributed by atoms with Gasteiger partial charge in [0.1, 0.15) is 6.54 Å². The Balaban J connectivity index is 2.32. The molecule has 2 rings (SSSR count). The molecule has 2 aromatic carbocycles. The molecule has 0 aliphatic carbocycles. The molecule has 0 radical (unpaired) electrons. The number of nitrogen functional groups attached to an aromatic ring is 1. The first kappa shape index (κ1) is 18.0. The fourth-order valence-electron chi connectivity index (χ4n) is 2.27. The minimum atomic E-state index is -3.75. The van der Waals surface area contributed by atoms with E-state index in [2.05, 4.69) is 4.74 Å². The third kappa shape index (κ3) is 3.74. The summed E-state index contributed by atoms with van der Waals surface area (Å²) in [7, 11) is -1.20. The first-order valence-electron chi connectivity index (χ1n) is 7.25. The first-order valence-corrected chi connectivity index (χ1v) is 8.69. The van der Waals surface area contributed by atoms with Gasteiger partial charge >= 0.3 is 5.97 Å². The Kier molecular flexibility index (Phi) is 5.26. The van der Waals surface area contributed by atoms with E-state index in [0.717, 1.165) is 21.0 Å². The van der Waals surface area contributed by atoms with Crippen molar-refractivity contribution in [2.75, 3.05) is 26.4 Å². The Morgan fingerprint density at radius 3 is 2.38 bits per heavy atom. The van der Waals surface area contributed by atoms with Gasteiger partial charge in [0.05, 0.1) is 12.0 Å². The highest BCUT2D eigenvalue weighted by Gasteiger charge is 2.23. The van der Waals surface area contributed by atoms with Crippen LogP contribution in [0.4, 0.5) is 5.69 Å². The van der Waals surface area contributed by atoms with Crippen LogP contribution >= 0.6 is 0 Å². The molecule has 0 heterocycles. The van der Waals surface area contributed by atoms with Crippen molar-refractivity contribution in [3.63, 3.8) is 0 Å². The number of carbonyl (C=O) groups is 1. The van der Waals surface area contributed by atoms with Crippen molar-refractivity contribution in [3.05, 3.63) is 48.0 Å². The molecule has 2 N–H and O–H groups in total. The SMILES string of the molecule is COC(=O)CN(C)S(=O)(=O)c1ccc(-c2cc(N)ccc2C)cc1. The maximum Gasteiger partial charge on any atom is 0.321 e. The van der Waals surface area contributed by atoms with E-state index in [1.165, 1.54) is 26.3 Å². The van der Waals surface area contributed by atoms with Crippen molar-refractivity contribution in [1.29, 1.82) is 0 Å². The average Bonchev–Trinajstić information content (AvgIpc) is 2.57. The maximum atomic E-state index is 12.5. The van der Waals surface area contributed by atoms with Gasteiger partial charge in [-0.25, -0.2) is 8.42 Å². The molecular formula is C17H20N2O4S. The average molecular weight is 348 g/mol. The van der Waals surface area contributed by atoms with Crippen LogP contribution in [0.15, 0.2) is 47.4 Å². The van der Waals surface area contributed by atoms with Crippen LogP contribution in [0.3, 0.4) is 0 Å². The van der Waals surface area contributed by atoms with E-state index in [4.69, 9.17) is 5.73 Å². The zero-order chi connectivity index (χ0) is 17.9. The molecule has 0 atom stereocenters. The third-order valence-corrected chi connectivity index (χ3v) is 5.53. The van der Waals surface area contributed by atoms with E-state index in [1.54, 1.807) is 12.1 Å². The van der Waals surface area contributed by atoms with E-state index < -0.39 is 16.0 Å². The second kappa shape index (κ2) is 7.02. The van der Waals surface area contributed by atoms with E-state index in [1.807, 2.05) is 25.1 Å². The molecule has 0 bridgehead atoms. The molecule has 7 heteroatoms. The molecule has 0 spiro atoms.